The molecule has 4 rings (SSSR count). The van der Waals surface area contributed by atoms with Crippen molar-refractivity contribution in [2.24, 2.45) is 11.8 Å². The number of amides is 2. The maximum Gasteiger partial charge on any atom is 0.330 e. The molecule has 1 aromatic heterocycles. The molecule has 37 heavy (non-hydrogen) atoms. The van der Waals surface area contributed by atoms with Crippen LogP contribution in [0.3, 0.4) is 0 Å². The van der Waals surface area contributed by atoms with Crippen molar-refractivity contribution in [1.29, 1.82) is 0 Å². The Hall–Kier alpha value is -4.01. The molecule has 1 saturated heterocycles. The summed E-state index contributed by atoms with van der Waals surface area (Å²) in [4.78, 5) is 40.2. The summed E-state index contributed by atoms with van der Waals surface area (Å²) in [5.74, 6) is 0.325. The number of H-pyrrole nitrogens is 1. The van der Waals surface area contributed by atoms with Crippen LogP contribution in [0.2, 0.25) is 0 Å². The number of hydrogen-bond acceptors (Lipinski definition) is 6. The maximum atomic E-state index is 13.2. The van der Waals surface area contributed by atoms with Gasteiger partial charge in [-0.3, -0.25) is 9.59 Å². The van der Waals surface area contributed by atoms with Gasteiger partial charge in [0.25, 0.3) is 5.91 Å². The lowest BCUT2D eigenvalue weighted by Gasteiger charge is -2.17. The Bertz CT molecular complexity index is 1230. The second-order valence-corrected chi connectivity index (χ2v) is 9.10. The number of methoxy groups -OCH3 is 1. The summed E-state index contributed by atoms with van der Waals surface area (Å²) in [5, 5.41) is 6.53. The molecule has 1 fully saturated rings. The molecule has 0 radical (unpaired) electrons. The van der Waals surface area contributed by atoms with Gasteiger partial charge in [-0.2, -0.15) is 0 Å². The number of carbonyl (C=O) groups excluding carboxylic acids is 3. The monoisotopic (exact) mass is 507 g/mol. The van der Waals surface area contributed by atoms with E-state index in [0.717, 1.165) is 17.3 Å². The van der Waals surface area contributed by atoms with E-state index >= 15 is 0 Å². The van der Waals surface area contributed by atoms with E-state index in [9.17, 15) is 14.4 Å². The van der Waals surface area contributed by atoms with E-state index in [-0.39, 0.29) is 30.3 Å². The number of ether oxygens (including phenoxy) is 3. The van der Waals surface area contributed by atoms with E-state index in [0.29, 0.717) is 43.2 Å². The molecule has 9 nitrogen and oxygen atoms in total. The largest absolute Gasteiger partial charge is 0.493 e. The molecule has 1 unspecified atom stereocenters. The first-order chi connectivity index (χ1) is 18.0. The summed E-state index contributed by atoms with van der Waals surface area (Å²) in [6.45, 7) is 3.09. The topological polar surface area (TPSA) is 119 Å². The predicted molar refractivity (Wildman–Crippen MR) is 139 cm³/mol. The summed E-state index contributed by atoms with van der Waals surface area (Å²) in [6.07, 6.45) is 13.1. The molecule has 2 heterocycles. The Morgan fingerprint density at radius 3 is 2.78 bits per heavy atom. The second kappa shape index (κ2) is 12.3. The number of carbonyl (C=O) groups is 3. The third-order valence-corrected chi connectivity index (χ3v) is 6.44. The van der Waals surface area contributed by atoms with Crippen molar-refractivity contribution in [2.75, 3.05) is 26.9 Å². The van der Waals surface area contributed by atoms with Crippen LogP contribution in [-0.4, -0.2) is 55.7 Å². The number of esters is 1. The lowest BCUT2D eigenvalue weighted by molar-refractivity contribution is -0.137. The summed E-state index contributed by atoms with van der Waals surface area (Å²) in [6, 6.07) is 4.87. The normalized spacial score (nSPS) is 19.7. The van der Waals surface area contributed by atoms with Crippen LogP contribution < -0.4 is 20.1 Å². The fourth-order valence-corrected chi connectivity index (χ4v) is 4.48. The van der Waals surface area contributed by atoms with Crippen molar-refractivity contribution < 1.29 is 28.6 Å². The predicted octanol–water partition coefficient (Wildman–Crippen LogP) is 3.43. The van der Waals surface area contributed by atoms with Gasteiger partial charge in [-0.05, 0) is 38.3 Å². The molecule has 2 aromatic rings. The van der Waals surface area contributed by atoms with Crippen LogP contribution >= 0.6 is 0 Å². The molecule has 1 aliphatic heterocycles. The Morgan fingerprint density at radius 2 is 2.08 bits per heavy atom. The average Bonchev–Trinajstić information content (AvgIpc) is 3.51. The Balaban J connectivity index is 1.49. The maximum absolute atomic E-state index is 13.2. The van der Waals surface area contributed by atoms with Gasteiger partial charge >= 0.3 is 5.97 Å². The molecule has 1 aliphatic carbocycles. The quantitative estimate of drug-likeness (QED) is 0.317. The first-order valence-electron chi connectivity index (χ1n) is 12.6. The van der Waals surface area contributed by atoms with Gasteiger partial charge in [-0.15, -0.1) is 0 Å². The minimum Gasteiger partial charge on any atom is -0.493 e. The summed E-state index contributed by atoms with van der Waals surface area (Å²) >= 11 is 0. The van der Waals surface area contributed by atoms with Gasteiger partial charge in [0, 0.05) is 47.5 Å². The number of rotatable bonds is 11. The van der Waals surface area contributed by atoms with Crippen molar-refractivity contribution in [1.82, 2.24) is 15.6 Å². The Kier molecular flexibility index (Phi) is 8.66. The Labute approximate surface area is 215 Å². The van der Waals surface area contributed by atoms with Crippen LogP contribution in [-0.2, 0) is 14.3 Å². The van der Waals surface area contributed by atoms with E-state index in [2.05, 4.69) is 27.8 Å². The van der Waals surface area contributed by atoms with E-state index in [1.54, 1.807) is 26.2 Å². The fourth-order valence-electron chi connectivity index (χ4n) is 4.48. The molecule has 9 heteroatoms. The molecule has 0 bridgehead atoms. The van der Waals surface area contributed by atoms with Gasteiger partial charge in [0.1, 0.15) is 5.69 Å². The van der Waals surface area contributed by atoms with Crippen molar-refractivity contribution in [3.8, 4) is 11.5 Å². The third-order valence-electron chi connectivity index (χ3n) is 6.44. The van der Waals surface area contributed by atoms with E-state index < -0.39 is 12.0 Å². The highest BCUT2D eigenvalue weighted by Crippen LogP contribution is 2.33. The highest BCUT2D eigenvalue weighted by Gasteiger charge is 2.27. The van der Waals surface area contributed by atoms with Crippen molar-refractivity contribution in [3.05, 3.63) is 60.3 Å². The van der Waals surface area contributed by atoms with Crippen molar-refractivity contribution >= 4 is 28.7 Å². The molecule has 2 amide bonds. The van der Waals surface area contributed by atoms with Gasteiger partial charge < -0.3 is 29.8 Å². The van der Waals surface area contributed by atoms with Gasteiger partial charge in [0.2, 0.25) is 5.91 Å². The fraction of sp³-hybridized carbons (Fsp3) is 0.393. The zero-order valence-electron chi connectivity index (χ0n) is 21.1. The second-order valence-electron chi connectivity index (χ2n) is 9.10. The van der Waals surface area contributed by atoms with Crippen LogP contribution in [0.4, 0.5) is 0 Å². The van der Waals surface area contributed by atoms with Crippen LogP contribution in [0.1, 0.15) is 36.7 Å². The molecule has 3 atom stereocenters. The number of hydrogen-bond donors (Lipinski definition) is 3. The summed E-state index contributed by atoms with van der Waals surface area (Å²) < 4.78 is 16.5. The highest BCUT2D eigenvalue weighted by molar-refractivity contribution is 5.99. The molecule has 196 valence electrons. The highest BCUT2D eigenvalue weighted by atomic mass is 16.5. The zero-order valence-corrected chi connectivity index (χ0v) is 21.1. The number of fused-ring (bicyclic) bond motifs is 1. The number of aromatic nitrogens is 1. The minimum absolute atomic E-state index is 0.0474. The lowest BCUT2D eigenvalue weighted by atomic mass is 9.98. The van der Waals surface area contributed by atoms with Crippen LogP contribution in [0, 0.1) is 11.8 Å². The third kappa shape index (κ3) is 6.81. The van der Waals surface area contributed by atoms with E-state index in [1.807, 2.05) is 24.3 Å². The number of benzene rings is 1. The Morgan fingerprint density at radius 1 is 1.22 bits per heavy atom. The summed E-state index contributed by atoms with van der Waals surface area (Å²) in [7, 11) is 1.58. The number of aromatic amines is 1. The first-order valence-corrected chi connectivity index (χ1v) is 12.6. The standard InChI is InChI=1S/C28H33N3O6/c1-3-36-26(32)10-9-21(13-19-11-12-29-27(19)33)30-28(34)23-14-20-15-24(35-2)25(16-22(20)31-23)37-17-18-7-5-4-6-8-18/h4-7,9-10,14-16,18-19,21,31H,3,8,11-13,17H2,1-2H3,(H,29,33)(H,30,34)/b10-9+/t18?,19-,21+/m0/s1. The molecule has 2 aliphatic rings. The minimum atomic E-state index is -0.525. The molecule has 3 N–H and O–H groups in total. The van der Waals surface area contributed by atoms with Crippen LogP contribution in [0.15, 0.2) is 54.7 Å². The molecular formula is C28H33N3O6. The molecule has 0 saturated carbocycles. The lowest BCUT2D eigenvalue weighted by Crippen LogP contribution is -2.36. The van der Waals surface area contributed by atoms with E-state index in [1.165, 1.54) is 6.08 Å². The van der Waals surface area contributed by atoms with Gasteiger partial charge in [0.15, 0.2) is 11.5 Å². The van der Waals surface area contributed by atoms with Crippen molar-refractivity contribution in [3.63, 3.8) is 0 Å². The van der Waals surface area contributed by atoms with Crippen LogP contribution in [0.5, 0.6) is 11.5 Å². The number of allylic oxidation sites excluding steroid dienone is 3. The SMILES string of the molecule is CCOC(=O)/C=C/[C@H](C[C@@H]1CCNC1=O)NC(=O)c1cc2cc(OC)c(OCC3C=CC=CC3)cc2[nH]1. The van der Waals surface area contributed by atoms with Gasteiger partial charge in [0.05, 0.1) is 20.3 Å². The molecule has 1 aromatic carbocycles. The average molecular weight is 508 g/mol. The zero-order chi connectivity index (χ0) is 26.2. The van der Waals surface area contributed by atoms with Gasteiger partial charge in [-0.1, -0.05) is 30.4 Å². The molecular weight excluding hydrogens is 474 g/mol. The molecule has 0 spiro atoms. The first kappa shape index (κ1) is 26.1. The smallest absolute Gasteiger partial charge is 0.330 e. The van der Waals surface area contributed by atoms with E-state index in [4.69, 9.17) is 14.2 Å². The van der Waals surface area contributed by atoms with Crippen LogP contribution in [0.25, 0.3) is 10.9 Å². The number of nitrogens with one attached hydrogen (secondary N) is 3. The summed E-state index contributed by atoms with van der Waals surface area (Å²) in [5.41, 5.74) is 1.08. The van der Waals surface area contributed by atoms with Crippen molar-refractivity contribution in [2.45, 2.75) is 32.2 Å². The van der Waals surface area contributed by atoms with Gasteiger partial charge in [-0.25, -0.2) is 4.79 Å².